The molecule has 5 aromatic rings. The van der Waals surface area contributed by atoms with Gasteiger partial charge in [0.05, 0.1) is 28.9 Å². The number of carbonyl (C=O) groups excluding carboxylic acids is 2. The summed E-state index contributed by atoms with van der Waals surface area (Å²) >= 11 is 0. The fraction of sp³-hybridized carbons (Fsp3) is 0.316. The van der Waals surface area contributed by atoms with Crippen LogP contribution in [0.15, 0.2) is 54.7 Å². The molecule has 0 radical (unpaired) electrons. The number of rotatable bonds is 8. The third-order valence-electron chi connectivity index (χ3n) is 10.1. The Morgan fingerprint density at radius 1 is 1.08 bits per heavy atom. The molecule has 1 aliphatic heterocycles. The number of hydrogen-bond donors (Lipinski definition) is 3. The Kier molecular flexibility index (Phi) is 9.08. The number of ether oxygens (including phenoxy) is 1. The average Bonchev–Trinajstić information content (AvgIpc) is 3.62. The lowest BCUT2D eigenvalue weighted by Gasteiger charge is -2.33. The Balaban J connectivity index is 1.19. The first kappa shape index (κ1) is 35.8. The molecule has 0 unspecified atom stereocenters. The summed E-state index contributed by atoms with van der Waals surface area (Å²) in [7, 11) is 1.61. The zero-order valence-corrected chi connectivity index (χ0v) is 28.7. The summed E-state index contributed by atoms with van der Waals surface area (Å²) in [6.45, 7) is 1.67. The summed E-state index contributed by atoms with van der Waals surface area (Å²) in [5.74, 6) is -4.68. The van der Waals surface area contributed by atoms with Crippen LogP contribution in [-0.4, -0.2) is 55.4 Å². The van der Waals surface area contributed by atoms with Crippen LogP contribution in [0.4, 0.5) is 27.6 Å². The number of carbonyl (C=O) groups is 3. The highest BCUT2D eigenvalue weighted by molar-refractivity contribution is 6.10. The quantitative estimate of drug-likeness (QED) is 0.0879. The van der Waals surface area contributed by atoms with Gasteiger partial charge in [-0.3, -0.25) is 19.7 Å². The minimum atomic E-state index is -4.78. The number of nitrogens with one attached hydrogen (secondary N) is 2. The number of hydrogen-bond acceptors (Lipinski definition) is 6. The van der Waals surface area contributed by atoms with Crippen LogP contribution < -0.4 is 15.4 Å². The number of aryl methyl sites for hydroxylation is 2. The number of aromatic nitrogens is 3. The SMILES string of the molecule is Cc1nc2c3c(c(C(F)(F)F)cc2n1C)-c1cccn2c(C(=O)c4cc(F)c(NC(=O)/C=C/CNC5(C(=O)O)CCCCC5)c(F)c4)cc(c12)CCO3. The fourth-order valence-corrected chi connectivity index (χ4v) is 7.39. The molecule has 1 fully saturated rings. The van der Waals surface area contributed by atoms with Gasteiger partial charge in [-0.15, -0.1) is 0 Å². The van der Waals surface area contributed by atoms with E-state index in [2.05, 4.69) is 15.6 Å². The van der Waals surface area contributed by atoms with Crippen molar-refractivity contribution >= 4 is 39.9 Å². The predicted molar refractivity (Wildman–Crippen MR) is 185 cm³/mol. The van der Waals surface area contributed by atoms with Crippen LogP contribution in [0.25, 0.3) is 27.7 Å². The number of aliphatic carboxylic acids is 1. The zero-order chi connectivity index (χ0) is 37.8. The number of imidazole rings is 1. The maximum absolute atomic E-state index is 15.3. The standard InChI is InChI=1S/C38H34F5N5O5/c1-20-45-32-27(47(20)2)19-24(38(41,42)43)30-23-8-7-14-48-28(18-21(33(23)48)10-15-53-35(30)32)34(50)22-16-25(39)31(26(40)17-22)46-29(49)9-6-13-44-37(36(51)52)11-4-3-5-12-37/h6-9,14,16-19,44H,3-5,10-13,15H2,1-2H3,(H,46,49)(H,51,52)/b9-6+. The van der Waals surface area contributed by atoms with E-state index >= 15 is 8.78 Å². The van der Waals surface area contributed by atoms with Crippen molar-refractivity contribution in [3.05, 3.63) is 94.6 Å². The van der Waals surface area contributed by atoms with E-state index in [4.69, 9.17) is 4.74 Å². The first-order valence-electron chi connectivity index (χ1n) is 17.0. The maximum Gasteiger partial charge on any atom is 0.417 e. The van der Waals surface area contributed by atoms with E-state index in [1.54, 1.807) is 18.5 Å². The van der Waals surface area contributed by atoms with E-state index in [1.807, 2.05) is 0 Å². The van der Waals surface area contributed by atoms with Crippen LogP contribution in [0.1, 0.15) is 65.1 Å². The third-order valence-corrected chi connectivity index (χ3v) is 10.1. The Morgan fingerprint density at radius 3 is 2.47 bits per heavy atom. The molecule has 53 heavy (non-hydrogen) atoms. The Morgan fingerprint density at radius 2 is 1.79 bits per heavy atom. The number of halogens is 5. The number of pyridine rings is 1. The molecule has 276 valence electrons. The second-order valence-electron chi connectivity index (χ2n) is 13.4. The Hall–Kier alpha value is -5.57. The topological polar surface area (TPSA) is 127 Å². The van der Waals surface area contributed by atoms with Crippen molar-refractivity contribution in [1.29, 1.82) is 0 Å². The molecule has 0 saturated heterocycles. The van der Waals surface area contributed by atoms with Crippen molar-refractivity contribution in [2.24, 2.45) is 7.05 Å². The molecule has 3 N–H and O–H groups in total. The number of nitrogens with zero attached hydrogens (tertiary/aromatic N) is 3. The summed E-state index contributed by atoms with van der Waals surface area (Å²) in [5.41, 5.74) is -2.07. The molecule has 1 aliphatic carbocycles. The molecule has 15 heteroatoms. The minimum Gasteiger partial charge on any atom is -0.490 e. The van der Waals surface area contributed by atoms with Crippen molar-refractivity contribution in [3.63, 3.8) is 0 Å². The van der Waals surface area contributed by atoms with Gasteiger partial charge in [0.25, 0.3) is 0 Å². The number of carboxylic acid groups (broad SMARTS) is 1. The molecule has 3 aromatic heterocycles. The molecule has 2 aliphatic rings. The highest BCUT2D eigenvalue weighted by Crippen LogP contribution is 2.48. The van der Waals surface area contributed by atoms with Crippen molar-refractivity contribution in [2.75, 3.05) is 18.5 Å². The van der Waals surface area contributed by atoms with Crippen molar-refractivity contribution in [2.45, 2.75) is 57.2 Å². The molecule has 0 spiro atoms. The van der Waals surface area contributed by atoms with Crippen LogP contribution in [0.5, 0.6) is 5.75 Å². The lowest BCUT2D eigenvalue weighted by molar-refractivity contribution is -0.146. The van der Waals surface area contributed by atoms with Crippen LogP contribution in [-0.2, 0) is 29.2 Å². The first-order chi connectivity index (χ1) is 25.2. The molecule has 1 amide bonds. The number of anilines is 1. The average molecular weight is 736 g/mol. The van der Waals surface area contributed by atoms with Gasteiger partial charge >= 0.3 is 12.1 Å². The van der Waals surface area contributed by atoms with Gasteiger partial charge in [-0.2, -0.15) is 13.2 Å². The smallest absolute Gasteiger partial charge is 0.417 e. The van der Waals surface area contributed by atoms with E-state index in [0.29, 0.717) is 29.7 Å². The molecular formula is C38H34F5N5O5. The van der Waals surface area contributed by atoms with Gasteiger partial charge in [0.1, 0.15) is 34.2 Å². The summed E-state index contributed by atoms with van der Waals surface area (Å²) in [6.07, 6.45) is 2.62. The number of fused-ring (bicyclic) bond motifs is 4. The molecule has 0 atom stereocenters. The molecule has 10 nitrogen and oxygen atoms in total. The Labute approximate surface area is 299 Å². The lowest BCUT2D eigenvalue weighted by Crippen LogP contribution is -2.53. The summed E-state index contributed by atoms with van der Waals surface area (Å²) < 4.78 is 83.7. The molecule has 4 heterocycles. The number of alkyl halides is 3. The van der Waals surface area contributed by atoms with Crippen molar-refractivity contribution < 1.29 is 46.2 Å². The van der Waals surface area contributed by atoms with Gasteiger partial charge in [0.2, 0.25) is 11.7 Å². The fourth-order valence-electron chi connectivity index (χ4n) is 7.39. The number of amides is 1. The third kappa shape index (κ3) is 6.32. The number of ketones is 1. The molecule has 1 saturated carbocycles. The first-order valence-corrected chi connectivity index (χ1v) is 17.0. The normalized spacial score (nSPS) is 15.6. The summed E-state index contributed by atoms with van der Waals surface area (Å²) in [6, 6.07) is 7.02. The number of carboxylic acids is 1. The van der Waals surface area contributed by atoms with Gasteiger partial charge in [0.15, 0.2) is 5.75 Å². The summed E-state index contributed by atoms with van der Waals surface area (Å²) in [4.78, 5) is 42.7. The molecule has 2 aromatic carbocycles. The largest absolute Gasteiger partial charge is 0.490 e. The van der Waals surface area contributed by atoms with E-state index in [0.717, 1.165) is 43.5 Å². The number of benzene rings is 2. The summed E-state index contributed by atoms with van der Waals surface area (Å²) in [5, 5.41) is 14.8. The molecule has 0 bridgehead atoms. The predicted octanol–water partition coefficient (Wildman–Crippen LogP) is 7.14. The van der Waals surface area contributed by atoms with Gasteiger partial charge in [-0.05, 0) is 55.7 Å². The van der Waals surface area contributed by atoms with Gasteiger partial charge in [-0.25, -0.2) is 13.8 Å². The zero-order valence-electron chi connectivity index (χ0n) is 28.7. The second-order valence-corrected chi connectivity index (χ2v) is 13.4. The highest BCUT2D eigenvalue weighted by atomic mass is 19.4. The van der Waals surface area contributed by atoms with Gasteiger partial charge in [0, 0.05) is 49.0 Å². The monoisotopic (exact) mass is 735 g/mol. The maximum atomic E-state index is 15.3. The van der Waals surface area contributed by atoms with Crippen molar-refractivity contribution in [3.8, 4) is 16.9 Å². The van der Waals surface area contributed by atoms with Crippen LogP contribution in [0.2, 0.25) is 0 Å². The van der Waals surface area contributed by atoms with Crippen LogP contribution in [0, 0.1) is 18.6 Å². The highest BCUT2D eigenvalue weighted by Gasteiger charge is 2.40. The van der Waals surface area contributed by atoms with Gasteiger partial charge < -0.3 is 24.1 Å². The lowest BCUT2D eigenvalue weighted by atomic mass is 9.81. The molecule has 7 rings (SSSR count). The minimum absolute atomic E-state index is 0.0346. The van der Waals surface area contributed by atoms with Gasteiger partial charge in [-0.1, -0.05) is 31.4 Å². The van der Waals surface area contributed by atoms with Crippen LogP contribution in [0.3, 0.4) is 0 Å². The van der Waals surface area contributed by atoms with E-state index < -0.39 is 57.8 Å². The van der Waals surface area contributed by atoms with E-state index in [9.17, 15) is 32.7 Å². The van der Waals surface area contributed by atoms with E-state index in [1.165, 1.54) is 34.9 Å². The van der Waals surface area contributed by atoms with Crippen molar-refractivity contribution in [1.82, 2.24) is 19.3 Å². The Bertz CT molecular complexity index is 2330. The van der Waals surface area contributed by atoms with E-state index in [-0.39, 0.29) is 53.2 Å². The second kappa shape index (κ2) is 13.4. The van der Waals surface area contributed by atoms with Crippen LogP contribution >= 0.6 is 0 Å². The molecular weight excluding hydrogens is 701 g/mol.